The van der Waals surface area contributed by atoms with Crippen LogP contribution >= 0.6 is 0 Å². The summed E-state index contributed by atoms with van der Waals surface area (Å²) in [5, 5.41) is 0. The Balaban J connectivity index is 2.33. The first-order chi connectivity index (χ1) is 8.93. The van der Waals surface area contributed by atoms with Gasteiger partial charge in [0.05, 0.1) is 11.5 Å². The van der Waals surface area contributed by atoms with Gasteiger partial charge in [-0.05, 0) is 37.1 Å². The second kappa shape index (κ2) is 7.10. The SMILES string of the molecule is CS(=O)(=O)c1ccc(OCCCCC(=O)NN)cc1. The minimum atomic E-state index is -3.17. The van der Waals surface area contributed by atoms with Crippen molar-refractivity contribution < 1.29 is 17.9 Å². The van der Waals surface area contributed by atoms with Gasteiger partial charge in [-0.15, -0.1) is 0 Å². The summed E-state index contributed by atoms with van der Waals surface area (Å²) in [6, 6.07) is 6.24. The number of unbranched alkanes of at least 4 members (excludes halogenated alkanes) is 1. The Morgan fingerprint density at radius 1 is 1.26 bits per heavy atom. The van der Waals surface area contributed by atoms with Crippen LogP contribution < -0.4 is 16.0 Å². The summed E-state index contributed by atoms with van der Waals surface area (Å²) >= 11 is 0. The van der Waals surface area contributed by atoms with Gasteiger partial charge in [0.15, 0.2) is 9.84 Å². The average molecular weight is 286 g/mol. The van der Waals surface area contributed by atoms with Gasteiger partial charge in [-0.1, -0.05) is 0 Å². The van der Waals surface area contributed by atoms with Crippen molar-refractivity contribution in [1.82, 2.24) is 5.43 Å². The molecule has 0 aliphatic carbocycles. The van der Waals surface area contributed by atoms with Crippen molar-refractivity contribution in [2.24, 2.45) is 5.84 Å². The van der Waals surface area contributed by atoms with Crippen LogP contribution in [0.15, 0.2) is 29.2 Å². The summed E-state index contributed by atoms with van der Waals surface area (Å²) in [5.41, 5.74) is 2.06. The van der Waals surface area contributed by atoms with Crippen LogP contribution in [0.25, 0.3) is 0 Å². The average Bonchev–Trinajstić information content (AvgIpc) is 2.37. The number of hydrazine groups is 1. The lowest BCUT2D eigenvalue weighted by Gasteiger charge is -2.06. The number of nitrogens with two attached hydrogens (primary N) is 1. The summed E-state index contributed by atoms with van der Waals surface area (Å²) in [7, 11) is -3.17. The molecule has 0 fully saturated rings. The van der Waals surface area contributed by atoms with E-state index in [1.165, 1.54) is 12.1 Å². The smallest absolute Gasteiger partial charge is 0.233 e. The Hall–Kier alpha value is -1.60. The molecule has 0 aromatic heterocycles. The predicted octanol–water partition coefficient (Wildman–Crippen LogP) is 0.629. The van der Waals surface area contributed by atoms with Crippen molar-refractivity contribution in [3.8, 4) is 5.75 Å². The normalized spacial score (nSPS) is 11.1. The maximum absolute atomic E-state index is 11.2. The topological polar surface area (TPSA) is 98.5 Å². The fourth-order valence-electron chi connectivity index (χ4n) is 1.43. The largest absolute Gasteiger partial charge is 0.494 e. The summed E-state index contributed by atoms with van der Waals surface area (Å²) in [6.07, 6.45) is 2.93. The Bertz CT molecular complexity index is 511. The van der Waals surface area contributed by atoms with Gasteiger partial charge in [0.25, 0.3) is 0 Å². The number of nitrogens with one attached hydrogen (secondary N) is 1. The molecule has 1 aromatic carbocycles. The third-order valence-electron chi connectivity index (χ3n) is 2.48. The number of rotatable bonds is 7. The number of carbonyl (C=O) groups excluding carboxylic acids is 1. The van der Waals surface area contributed by atoms with E-state index in [9.17, 15) is 13.2 Å². The van der Waals surface area contributed by atoms with Gasteiger partial charge in [-0.25, -0.2) is 14.3 Å². The number of hydrogen-bond donors (Lipinski definition) is 2. The molecule has 0 radical (unpaired) electrons. The summed E-state index contributed by atoms with van der Waals surface area (Å²) < 4.78 is 27.9. The predicted molar refractivity (Wildman–Crippen MR) is 71.2 cm³/mol. The van der Waals surface area contributed by atoms with Gasteiger partial charge in [-0.2, -0.15) is 0 Å². The second-order valence-corrected chi connectivity index (χ2v) is 6.13. The number of ether oxygens (including phenoxy) is 1. The lowest BCUT2D eigenvalue weighted by Crippen LogP contribution is -2.29. The molecule has 19 heavy (non-hydrogen) atoms. The maximum Gasteiger partial charge on any atom is 0.233 e. The molecular formula is C12H18N2O4S. The van der Waals surface area contributed by atoms with Crippen molar-refractivity contribution in [2.75, 3.05) is 12.9 Å². The third-order valence-corrected chi connectivity index (χ3v) is 3.61. The van der Waals surface area contributed by atoms with Gasteiger partial charge < -0.3 is 4.74 Å². The van der Waals surface area contributed by atoms with E-state index in [0.29, 0.717) is 25.2 Å². The van der Waals surface area contributed by atoms with E-state index in [2.05, 4.69) is 5.43 Å². The molecule has 1 amide bonds. The van der Waals surface area contributed by atoms with E-state index < -0.39 is 9.84 Å². The Morgan fingerprint density at radius 3 is 2.42 bits per heavy atom. The fourth-order valence-corrected chi connectivity index (χ4v) is 2.06. The maximum atomic E-state index is 11.2. The minimum Gasteiger partial charge on any atom is -0.494 e. The third kappa shape index (κ3) is 5.71. The molecule has 6 nitrogen and oxygen atoms in total. The highest BCUT2D eigenvalue weighted by molar-refractivity contribution is 7.90. The zero-order valence-electron chi connectivity index (χ0n) is 10.8. The van der Waals surface area contributed by atoms with Crippen LogP contribution in [0.4, 0.5) is 0 Å². The van der Waals surface area contributed by atoms with Gasteiger partial charge in [0.2, 0.25) is 5.91 Å². The lowest BCUT2D eigenvalue weighted by molar-refractivity contribution is -0.121. The number of carbonyl (C=O) groups is 1. The summed E-state index contributed by atoms with van der Waals surface area (Å²) in [5.74, 6) is 5.36. The van der Waals surface area contributed by atoms with Crippen LogP contribution in [0.3, 0.4) is 0 Å². The highest BCUT2D eigenvalue weighted by Crippen LogP contribution is 2.16. The molecule has 1 aromatic rings. The van der Waals surface area contributed by atoms with Crippen molar-refractivity contribution in [1.29, 1.82) is 0 Å². The standard InChI is InChI=1S/C12H18N2O4S/c1-19(16,17)11-7-5-10(6-8-11)18-9-3-2-4-12(15)14-13/h5-8H,2-4,9,13H2,1H3,(H,14,15). The van der Waals surface area contributed by atoms with E-state index in [0.717, 1.165) is 12.7 Å². The Labute approximate surface area is 112 Å². The van der Waals surface area contributed by atoms with Crippen LogP contribution in [-0.4, -0.2) is 27.2 Å². The Morgan fingerprint density at radius 2 is 1.89 bits per heavy atom. The number of sulfone groups is 1. The molecule has 3 N–H and O–H groups in total. The number of hydrogen-bond acceptors (Lipinski definition) is 5. The molecule has 1 rings (SSSR count). The Kier molecular flexibility index (Phi) is 5.78. The highest BCUT2D eigenvalue weighted by Gasteiger charge is 2.06. The van der Waals surface area contributed by atoms with Crippen LogP contribution in [0.5, 0.6) is 5.75 Å². The molecule has 0 unspecified atom stereocenters. The molecule has 0 saturated carbocycles. The number of benzene rings is 1. The minimum absolute atomic E-state index is 0.197. The molecule has 0 spiro atoms. The molecule has 0 aliphatic heterocycles. The van der Waals surface area contributed by atoms with Gasteiger partial charge in [0, 0.05) is 12.7 Å². The van der Waals surface area contributed by atoms with Gasteiger partial charge in [-0.3, -0.25) is 10.2 Å². The molecule has 0 atom stereocenters. The van der Waals surface area contributed by atoms with E-state index >= 15 is 0 Å². The zero-order chi connectivity index (χ0) is 14.3. The van der Waals surface area contributed by atoms with E-state index in [1.54, 1.807) is 12.1 Å². The quantitative estimate of drug-likeness (QED) is 0.331. The van der Waals surface area contributed by atoms with E-state index in [-0.39, 0.29) is 10.8 Å². The molecule has 0 bridgehead atoms. The van der Waals surface area contributed by atoms with Crippen LogP contribution in [0, 0.1) is 0 Å². The monoisotopic (exact) mass is 286 g/mol. The van der Waals surface area contributed by atoms with Crippen LogP contribution in [0.1, 0.15) is 19.3 Å². The number of amides is 1. The first-order valence-electron chi connectivity index (χ1n) is 5.86. The first-order valence-corrected chi connectivity index (χ1v) is 7.75. The van der Waals surface area contributed by atoms with Crippen molar-refractivity contribution in [3.05, 3.63) is 24.3 Å². The lowest BCUT2D eigenvalue weighted by atomic mass is 10.2. The fraction of sp³-hybridized carbons (Fsp3) is 0.417. The van der Waals surface area contributed by atoms with E-state index in [4.69, 9.17) is 10.6 Å². The zero-order valence-corrected chi connectivity index (χ0v) is 11.6. The van der Waals surface area contributed by atoms with Gasteiger partial charge >= 0.3 is 0 Å². The van der Waals surface area contributed by atoms with Crippen LogP contribution in [-0.2, 0) is 14.6 Å². The molecule has 106 valence electrons. The van der Waals surface area contributed by atoms with Crippen molar-refractivity contribution in [2.45, 2.75) is 24.2 Å². The first kappa shape index (κ1) is 15.5. The molecule has 7 heteroatoms. The van der Waals surface area contributed by atoms with Crippen molar-refractivity contribution in [3.63, 3.8) is 0 Å². The van der Waals surface area contributed by atoms with Crippen molar-refractivity contribution >= 4 is 15.7 Å². The van der Waals surface area contributed by atoms with Crippen LogP contribution in [0.2, 0.25) is 0 Å². The van der Waals surface area contributed by atoms with E-state index in [1.807, 2.05) is 0 Å². The molecule has 0 aliphatic rings. The molecule has 0 heterocycles. The summed E-state index contributed by atoms with van der Waals surface area (Å²) in [4.78, 5) is 11.1. The second-order valence-electron chi connectivity index (χ2n) is 4.12. The van der Waals surface area contributed by atoms with Gasteiger partial charge in [0.1, 0.15) is 5.75 Å². The molecular weight excluding hydrogens is 268 g/mol. The highest BCUT2D eigenvalue weighted by atomic mass is 32.2. The molecule has 0 saturated heterocycles. The summed E-state index contributed by atoms with van der Waals surface area (Å²) in [6.45, 7) is 0.468.